The van der Waals surface area contributed by atoms with Crippen LogP contribution in [0.1, 0.15) is 17.4 Å². The van der Waals surface area contributed by atoms with Crippen LogP contribution in [0.25, 0.3) is 0 Å². The van der Waals surface area contributed by atoms with Gasteiger partial charge in [0.15, 0.2) is 6.10 Å². The molecule has 116 valence electrons. The molecule has 7 heteroatoms. The Labute approximate surface area is 146 Å². The number of rotatable bonds is 5. The predicted octanol–water partition coefficient (Wildman–Crippen LogP) is 4.39. The van der Waals surface area contributed by atoms with E-state index < -0.39 is 6.10 Å². The molecule has 0 fully saturated rings. The summed E-state index contributed by atoms with van der Waals surface area (Å²) in [5, 5.41) is 4.55. The number of hydrazone groups is 1. The largest absolute Gasteiger partial charge is 0.481 e. The zero-order valence-electron chi connectivity index (χ0n) is 12.0. The highest BCUT2D eigenvalue weighted by Gasteiger charge is 2.15. The number of nitrogens with one attached hydrogen (secondary N) is 1. The molecular weight excluding hydrogens is 388 g/mol. The van der Waals surface area contributed by atoms with Crippen molar-refractivity contribution in [3.63, 3.8) is 0 Å². The summed E-state index contributed by atoms with van der Waals surface area (Å²) in [7, 11) is 0. The van der Waals surface area contributed by atoms with E-state index in [2.05, 4.69) is 26.5 Å². The summed E-state index contributed by atoms with van der Waals surface area (Å²) in [4.78, 5) is 12.9. The van der Waals surface area contributed by atoms with Crippen molar-refractivity contribution in [2.45, 2.75) is 20.0 Å². The highest BCUT2D eigenvalue weighted by Crippen LogP contribution is 2.23. The van der Waals surface area contributed by atoms with E-state index in [0.29, 0.717) is 10.8 Å². The van der Waals surface area contributed by atoms with E-state index >= 15 is 0 Å². The number of halogens is 2. The molecule has 22 heavy (non-hydrogen) atoms. The van der Waals surface area contributed by atoms with Crippen LogP contribution in [-0.4, -0.2) is 18.2 Å². The van der Waals surface area contributed by atoms with Gasteiger partial charge in [0.2, 0.25) is 0 Å². The molecule has 0 aliphatic heterocycles. The second-order valence-corrected chi connectivity index (χ2v) is 7.48. The van der Waals surface area contributed by atoms with Gasteiger partial charge in [-0.05, 0) is 65.7 Å². The van der Waals surface area contributed by atoms with Crippen molar-refractivity contribution in [2.75, 3.05) is 0 Å². The highest BCUT2D eigenvalue weighted by atomic mass is 79.9. The number of aryl methyl sites for hydroxylation is 1. The molecule has 1 aromatic heterocycles. The van der Waals surface area contributed by atoms with E-state index in [-0.39, 0.29) is 5.91 Å². The van der Waals surface area contributed by atoms with Crippen molar-refractivity contribution in [1.29, 1.82) is 0 Å². The van der Waals surface area contributed by atoms with Gasteiger partial charge in [-0.15, -0.1) is 11.3 Å². The molecular formula is C15H14BrClN2O2S. The van der Waals surface area contributed by atoms with Gasteiger partial charge in [0.25, 0.3) is 5.91 Å². The van der Waals surface area contributed by atoms with Crippen LogP contribution in [0.5, 0.6) is 5.75 Å². The lowest BCUT2D eigenvalue weighted by atomic mass is 10.2. The number of carbonyl (C=O) groups excluding carboxylic acids is 1. The molecule has 2 aromatic rings. The summed E-state index contributed by atoms with van der Waals surface area (Å²) in [6.45, 7) is 3.54. The average Bonchev–Trinajstić information content (AvgIpc) is 2.87. The van der Waals surface area contributed by atoms with Gasteiger partial charge in [-0.3, -0.25) is 4.79 Å². The lowest BCUT2D eigenvalue weighted by Crippen LogP contribution is -2.33. The van der Waals surface area contributed by atoms with Crippen LogP contribution in [0.15, 0.2) is 39.2 Å². The van der Waals surface area contributed by atoms with E-state index in [1.165, 1.54) is 11.3 Å². The smallest absolute Gasteiger partial charge is 0.280 e. The number of nitrogens with zero attached hydrogens (tertiary/aromatic N) is 1. The van der Waals surface area contributed by atoms with E-state index in [9.17, 15) is 4.79 Å². The first kappa shape index (κ1) is 17.0. The lowest BCUT2D eigenvalue weighted by molar-refractivity contribution is -0.127. The Morgan fingerprint density at radius 1 is 1.45 bits per heavy atom. The molecule has 0 bridgehead atoms. The summed E-state index contributed by atoms with van der Waals surface area (Å²) in [5.41, 5.74) is 3.34. The third kappa shape index (κ3) is 4.83. The van der Waals surface area contributed by atoms with Gasteiger partial charge in [0.05, 0.1) is 10.0 Å². The third-order valence-corrected chi connectivity index (χ3v) is 4.56. The van der Waals surface area contributed by atoms with E-state index in [1.54, 1.807) is 31.3 Å². The van der Waals surface area contributed by atoms with Crippen molar-refractivity contribution in [2.24, 2.45) is 5.10 Å². The van der Waals surface area contributed by atoms with Crippen molar-refractivity contribution >= 4 is 51.0 Å². The van der Waals surface area contributed by atoms with Crippen LogP contribution in [0.3, 0.4) is 0 Å². The molecule has 1 unspecified atom stereocenters. The molecule has 0 radical (unpaired) electrons. The Morgan fingerprint density at radius 2 is 2.23 bits per heavy atom. The number of hydrogen-bond acceptors (Lipinski definition) is 4. The fourth-order valence-corrected chi connectivity index (χ4v) is 3.16. The first-order valence-corrected chi connectivity index (χ1v) is 8.45. The number of hydrogen-bond donors (Lipinski definition) is 1. The maximum absolute atomic E-state index is 11.9. The van der Waals surface area contributed by atoms with Crippen LogP contribution in [0.2, 0.25) is 5.02 Å². The molecule has 0 spiro atoms. The molecule has 4 nitrogen and oxygen atoms in total. The molecule has 1 heterocycles. The van der Waals surface area contributed by atoms with Crippen molar-refractivity contribution in [1.82, 2.24) is 5.43 Å². The van der Waals surface area contributed by atoms with Crippen molar-refractivity contribution in [3.8, 4) is 5.75 Å². The zero-order valence-corrected chi connectivity index (χ0v) is 15.1. The maximum atomic E-state index is 11.9. The Hall–Kier alpha value is -1.37. The quantitative estimate of drug-likeness (QED) is 0.597. The Balaban J connectivity index is 1.90. The molecule has 0 aliphatic carbocycles. The van der Waals surface area contributed by atoms with Gasteiger partial charge < -0.3 is 4.74 Å². The number of benzene rings is 1. The summed E-state index contributed by atoms with van der Waals surface area (Å²) in [5.74, 6) is 0.305. The topological polar surface area (TPSA) is 50.7 Å². The van der Waals surface area contributed by atoms with Gasteiger partial charge >= 0.3 is 0 Å². The lowest BCUT2D eigenvalue weighted by Gasteiger charge is -2.14. The number of thiophene rings is 1. The number of ether oxygens (including phenoxy) is 1. The maximum Gasteiger partial charge on any atom is 0.280 e. The molecule has 1 aromatic carbocycles. The summed E-state index contributed by atoms with van der Waals surface area (Å²) < 4.78 is 6.63. The number of carbonyl (C=O) groups is 1. The van der Waals surface area contributed by atoms with Crippen LogP contribution in [0, 0.1) is 6.92 Å². The van der Waals surface area contributed by atoms with Gasteiger partial charge in [-0.25, -0.2) is 5.43 Å². The Bertz CT molecular complexity index is 703. The first-order chi connectivity index (χ1) is 10.5. The fourth-order valence-electron chi connectivity index (χ4n) is 1.64. The number of amides is 1. The molecule has 2 rings (SSSR count). The van der Waals surface area contributed by atoms with Gasteiger partial charge in [-0.2, -0.15) is 5.10 Å². The highest BCUT2D eigenvalue weighted by molar-refractivity contribution is 9.11. The van der Waals surface area contributed by atoms with E-state index in [4.69, 9.17) is 16.3 Å². The Morgan fingerprint density at radius 3 is 2.86 bits per heavy atom. The van der Waals surface area contributed by atoms with Gasteiger partial charge in [-0.1, -0.05) is 11.6 Å². The third-order valence-electron chi connectivity index (χ3n) is 2.77. The standard InChI is InChI=1S/C15H14BrClN2O2S/c1-9-7-11(17)3-5-13(9)21-10(2)15(20)19-18-8-12-4-6-14(16)22-12/h3-8,10H,1-2H3,(H,19,20). The predicted molar refractivity (Wildman–Crippen MR) is 94.0 cm³/mol. The van der Waals surface area contributed by atoms with Crippen LogP contribution in [-0.2, 0) is 4.79 Å². The average molecular weight is 402 g/mol. The molecule has 1 atom stereocenters. The zero-order chi connectivity index (χ0) is 16.1. The van der Waals surface area contributed by atoms with Crippen molar-refractivity contribution in [3.05, 3.63) is 49.6 Å². The summed E-state index contributed by atoms with van der Waals surface area (Å²) in [6, 6.07) is 9.08. The summed E-state index contributed by atoms with van der Waals surface area (Å²) in [6.07, 6.45) is 0.931. The minimum Gasteiger partial charge on any atom is -0.481 e. The van der Waals surface area contributed by atoms with Crippen LogP contribution < -0.4 is 10.2 Å². The van der Waals surface area contributed by atoms with E-state index in [0.717, 1.165) is 14.2 Å². The normalized spacial score (nSPS) is 12.4. The van der Waals surface area contributed by atoms with Crippen molar-refractivity contribution < 1.29 is 9.53 Å². The van der Waals surface area contributed by atoms with Crippen LogP contribution in [0.4, 0.5) is 0 Å². The van der Waals surface area contributed by atoms with Gasteiger partial charge in [0.1, 0.15) is 5.75 Å². The second-order valence-electron chi connectivity index (χ2n) is 4.55. The monoisotopic (exact) mass is 400 g/mol. The molecule has 0 aliphatic rings. The molecule has 1 N–H and O–H groups in total. The first-order valence-electron chi connectivity index (χ1n) is 6.47. The van der Waals surface area contributed by atoms with Crippen LogP contribution >= 0.6 is 38.9 Å². The SMILES string of the molecule is Cc1cc(Cl)ccc1OC(C)C(=O)NN=Cc1ccc(Br)s1. The molecule has 0 saturated carbocycles. The minimum absolute atomic E-state index is 0.318. The van der Waals surface area contributed by atoms with E-state index in [1.807, 2.05) is 19.1 Å². The summed E-state index contributed by atoms with van der Waals surface area (Å²) >= 11 is 10.8. The fraction of sp³-hybridized carbons (Fsp3) is 0.200. The second kappa shape index (κ2) is 7.76. The van der Waals surface area contributed by atoms with Gasteiger partial charge in [0, 0.05) is 9.90 Å². The molecule has 1 amide bonds. The molecule has 0 saturated heterocycles. The minimum atomic E-state index is -0.660. The Kier molecular flexibility index (Phi) is 5.99.